The summed E-state index contributed by atoms with van der Waals surface area (Å²) in [6.45, 7) is 0.551. The van der Waals surface area contributed by atoms with E-state index in [9.17, 15) is 4.79 Å². The molecule has 2 N–H and O–H groups in total. The summed E-state index contributed by atoms with van der Waals surface area (Å²) in [7, 11) is 0. The fraction of sp³-hybridized carbons (Fsp3) is 0.231. The molecule has 5 heteroatoms. The quantitative estimate of drug-likeness (QED) is 0.857. The van der Waals surface area contributed by atoms with Crippen LogP contribution in [0.25, 0.3) is 0 Å². The number of carbonyl (C=O) groups is 1. The average molecular weight is 281 g/mol. The molecule has 0 unspecified atom stereocenters. The third-order valence-corrected chi connectivity index (χ3v) is 3.59. The Morgan fingerprint density at radius 2 is 2.28 bits per heavy atom. The summed E-state index contributed by atoms with van der Waals surface area (Å²) in [5.41, 5.74) is 6.87. The fourth-order valence-corrected chi connectivity index (χ4v) is 2.63. The van der Waals surface area contributed by atoms with E-state index in [0.29, 0.717) is 23.7 Å². The molecule has 0 saturated carbocycles. The minimum Gasteiger partial charge on any atom is -0.330 e. The Bertz CT molecular complexity index is 553. The van der Waals surface area contributed by atoms with E-state index in [1.807, 2.05) is 12.1 Å². The number of rotatable bonds is 5. The average Bonchev–Trinajstić information content (AvgIpc) is 2.78. The van der Waals surface area contributed by atoms with Crippen molar-refractivity contribution >= 4 is 28.7 Å². The van der Waals surface area contributed by atoms with Crippen LogP contribution in [0, 0.1) is 0 Å². The predicted molar refractivity (Wildman–Crippen MR) is 74.4 cm³/mol. The largest absolute Gasteiger partial charge is 0.330 e. The van der Waals surface area contributed by atoms with E-state index in [0.717, 1.165) is 17.0 Å². The van der Waals surface area contributed by atoms with Gasteiger partial charge >= 0.3 is 0 Å². The first-order valence-electron chi connectivity index (χ1n) is 5.61. The van der Waals surface area contributed by atoms with Gasteiger partial charge in [-0.25, -0.2) is 4.98 Å². The maximum Gasteiger partial charge on any atom is 0.186 e. The molecule has 1 aromatic heterocycles. The second-order valence-corrected chi connectivity index (χ2v) is 5.27. The molecule has 2 rings (SSSR count). The molecule has 3 nitrogen and oxygen atoms in total. The van der Waals surface area contributed by atoms with Crippen LogP contribution in [0.1, 0.15) is 21.1 Å². The molecule has 0 aliphatic heterocycles. The normalized spacial score (nSPS) is 10.6. The van der Waals surface area contributed by atoms with Crippen molar-refractivity contribution < 1.29 is 4.79 Å². The van der Waals surface area contributed by atoms with Crippen molar-refractivity contribution in [3.8, 4) is 0 Å². The van der Waals surface area contributed by atoms with Gasteiger partial charge in [-0.05, 0) is 24.2 Å². The smallest absolute Gasteiger partial charge is 0.186 e. The van der Waals surface area contributed by atoms with Gasteiger partial charge in [-0.15, -0.1) is 11.3 Å². The third-order valence-electron chi connectivity index (χ3n) is 2.45. The Balaban J connectivity index is 2.07. The lowest BCUT2D eigenvalue weighted by atomic mass is 10.1. The van der Waals surface area contributed by atoms with Gasteiger partial charge in [0.2, 0.25) is 0 Å². The highest BCUT2D eigenvalue weighted by Crippen LogP contribution is 2.15. The molecule has 18 heavy (non-hydrogen) atoms. The zero-order valence-corrected chi connectivity index (χ0v) is 11.3. The summed E-state index contributed by atoms with van der Waals surface area (Å²) in [4.78, 5) is 16.3. The van der Waals surface area contributed by atoms with Crippen LogP contribution in [0.15, 0.2) is 29.6 Å². The first kappa shape index (κ1) is 13.2. The third kappa shape index (κ3) is 3.38. The van der Waals surface area contributed by atoms with Crippen molar-refractivity contribution in [2.75, 3.05) is 6.54 Å². The lowest BCUT2D eigenvalue weighted by Gasteiger charge is -1.99. The maximum atomic E-state index is 12.0. The first-order valence-corrected chi connectivity index (χ1v) is 6.87. The van der Waals surface area contributed by atoms with Gasteiger partial charge < -0.3 is 5.73 Å². The number of halogens is 1. The highest BCUT2D eigenvalue weighted by molar-refractivity contribution is 7.09. The van der Waals surface area contributed by atoms with Crippen LogP contribution in [0.5, 0.6) is 0 Å². The maximum absolute atomic E-state index is 12.0. The van der Waals surface area contributed by atoms with Crippen LogP contribution in [-0.2, 0) is 12.8 Å². The standard InChI is InChI=1S/C13H13ClN2OS/c14-10-3-1-2-9(6-10)7-12(17)11-8-18-13(16-11)4-5-15/h1-3,6,8H,4-5,7,15H2. The Hall–Kier alpha value is -1.23. The molecular formula is C13H13ClN2OS. The number of nitrogens with two attached hydrogens (primary N) is 1. The van der Waals surface area contributed by atoms with Gasteiger partial charge in [0.1, 0.15) is 5.69 Å². The number of aromatic nitrogens is 1. The van der Waals surface area contributed by atoms with Gasteiger partial charge in [-0.3, -0.25) is 4.79 Å². The Morgan fingerprint density at radius 1 is 1.44 bits per heavy atom. The van der Waals surface area contributed by atoms with Gasteiger partial charge in [0.15, 0.2) is 5.78 Å². The number of ketones is 1. The highest BCUT2D eigenvalue weighted by Gasteiger charge is 2.11. The van der Waals surface area contributed by atoms with Crippen molar-refractivity contribution in [3.05, 3.63) is 50.9 Å². The van der Waals surface area contributed by atoms with Gasteiger partial charge in [0, 0.05) is 23.2 Å². The van der Waals surface area contributed by atoms with Crippen LogP contribution >= 0.6 is 22.9 Å². The SMILES string of the molecule is NCCc1nc(C(=O)Cc2cccc(Cl)c2)cs1. The molecule has 1 aromatic carbocycles. The van der Waals surface area contributed by atoms with Gasteiger partial charge in [0.25, 0.3) is 0 Å². The zero-order chi connectivity index (χ0) is 13.0. The summed E-state index contributed by atoms with van der Waals surface area (Å²) in [5, 5.41) is 3.34. The first-order chi connectivity index (χ1) is 8.69. The predicted octanol–water partition coefficient (Wildman–Crippen LogP) is 2.72. The molecule has 0 saturated heterocycles. The lowest BCUT2D eigenvalue weighted by Crippen LogP contribution is -2.06. The molecular weight excluding hydrogens is 268 g/mol. The lowest BCUT2D eigenvalue weighted by molar-refractivity contribution is 0.0988. The van der Waals surface area contributed by atoms with Crippen molar-refractivity contribution in [1.82, 2.24) is 4.98 Å². The van der Waals surface area contributed by atoms with E-state index < -0.39 is 0 Å². The summed E-state index contributed by atoms with van der Waals surface area (Å²) < 4.78 is 0. The van der Waals surface area contributed by atoms with Crippen LogP contribution in [0.2, 0.25) is 5.02 Å². The number of thiazole rings is 1. The Labute approximate surface area is 115 Å². The Morgan fingerprint density at radius 3 is 3.00 bits per heavy atom. The summed E-state index contributed by atoms with van der Waals surface area (Å²) in [6.07, 6.45) is 1.04. The van der Waals surface area contributed by atoms with Crippen molar-refractivity contribution in [1.29, 1.82) is 0 Å². The van der Waals surface area contributed by atoms with E-state index in [1.165, 1.54) is 11.3 Å². The van der Waals surface area contributed by atoms with Crippen molar-refractivity contribution in [2.45, 2.75) is 12.8 Å². The van der Waals surface area contributed by atoms with E-state index in [1.54, 1.807) is 17.5 Å². The van der Waals surface area contributed by atoms with E-state index in [4.69, 9.17) is 17.3 Å². The number of carbonyl (C=O) groups excluding carboxylic acids is 1. The van der Waals surface area contributed by atoms with E-state index in [2.05, 4.69) is 4.98 Å². The van der Waals surface area contributed by atoms with Gasteiger partial charge in [-0.2, -0.15) is 0 Å². The van der Waals surface area contributed by atoms with E-state index in [-0.39, 0.29) is 5.78 Å². The number of Topliss-reactive ketones (excluding diaryl/α,β-unsaturated/α-hetero) is 1. The highest BCUT2D eigenvalue weighted by atomic mass is 35.5. The molecule has 0 radical (unpaired) electrons. The number of hydrogen-bond donors (Lipinski definition) is 1. The minimum absolute atomic E-state index is 0.0109. The zero-order valence-electron chi connectivity index (χ0n) is 9.73. The number of nitrogens with zero attached hydrogens (tertiary/aromatic N) is 1. The molecule has 0 atom stereocenters. The summed E-state index contributed by atoms with van der Waals surface area (Å²) in [5.74, 6) is 0.0109. The monoisotopic (exact) mass is 280 g/mol. The summed E-state index contributed by atoms with van der Waals surface area (Å²) >= 11 is 7.36. The molecule has 0 aliphatic rings. The molecule has 94 valence electrons. The molecule has 0 bridgehead atoms. The topological polar surface area (TPSA) is 56.0 Å². The van der Waals surface area contributed by atoms with Crippen LogP contribution in [0.4, 0.5) is 0 Å². The van der Waals surface area contributed by atoms with Gasteiger partial charge in [0.05, 0.1) is 5.01 Å². The summed E-state index contributed by atoms with van der Waals surface area (Å²) in [6, 6.07) is 7.31. The van der Waals surface area contributed by atoms with Crippen molar-refractivity contribution in [3.63, 3.8) is 0 Å². The minimum atomic E-state index is 0.0109. The van der Waals surface area contributed by atoms with Crippen LogP contribution in [0.3, 0.4) is 0 Å². The second kappa shape index (κ2) is 6.09. The Kier molecular flexibility index (Phi) is 4.47. The van der Waals surface area contributed by atoms with Gasteiger partial charge in [-0.1, -0.05) is 23.7 Å². The fourth-order valence-electron chi connectivity index (χ4n) is 1.60. The molecule has 0 fully saturated rings. The second-order valence-electron chi connectivity index (χ2n) is 3.90. The molecule has 0 spiro atoms. The molecule has 2 aromatic rings. The molecule has 0 amide bonds. The van der Waals surface area contributed by atoms with Crippen LogP contribution in [-0.4, -0.2) is 17.3 Å². The number of benzene rings is 1. The van der Waals surface area contributed by atoms with Crippen molar-refractivity contribution in [2.24, 2.45) is 5.73 Å². The molecule has 1 heterocycles. The molecule has 0 aliphatic carbocycles. The van der Waals surface area contributed by atoms with Crippen LogP contribution < -0.4 is 5.73 Å². The number of hydrogen-bond acceptors (Lipinski definition) is 4. The van der Waals surface area contributed by atoms with E-state index >= 15 is 0 Å².